The number of fused-ring (bicyclic) bond motifs is 2. The maximum Gasteiger partial charge on any atom is 0.258 e. The van der Waals surface area contributed by atoms with Crippen molar-refractivity contribution in [3.05, 3.63) is 94.9 Å². The summed E-state index contributed by atoms with van der Waals surface area (Å²) in [5, 5.41) is 2.22. The Hall–Kier alpha value is -3.64. The summed E-state index contributed by atoms with van der Waals surface area (Å²) in [5.74, 6) is 0.623. The van der Waals surface area contributed by atoms with E-state index in [1.807, 2.05) is 66.7 Å². The monoisotopic (exact) mass is 443 g/mol. The first kappa shape index (κ1) is 20.3. The number of sulfone groups is 1. The van der Waals surface area contributed by atoms with Crippen molar-refractivity contribution in [1.29, 1.82) is 0 Å². The molecule has 0 bridgehead atoms. The van der Waals surface area contributed by atoms with Crippen LogP contribution in [0.4, 0.5) is 0 Å². The standard InChI is InChI=1S/C26H21NO4S/c1-27-15-23(20-10-6-7-11-21(20)26(27)28)22-13-17(16-32(2,29)30)12-19-14-24(31-25(19)22)18-8-4-3-5-9-18/h3-15H,16H2,1-2H3. The van der Waals surface area contributed by atoms with E-state index in [9.17, 15) is 13.2 Å². The maximum absolute atomic E-state index is 12.7. The van der Waals surface area contributed by atoms with Crippen molar-refractivity contribution in [2.24, 2.45) is 7.05 Å². The fourth-order valence-corrected chi connectivity index (χ4v) is 4.95. The predicted molar refractivity (Wildman–Crippen MR) is 128 cm³/mol. The number of pyridine rings is 1. The van der Waals surface area contributed by atoms with Gasteiger partial charge in [0.2, 0.25) is 0 Å². The molecule has 0 saturated carbocycles. The Labute approximate surface area is 185 Å². The van der Waals surface area contributed by atoms with Crippen molar-refractivity contribution in [2.75, 3.05) is 6.26 Å². The van der Waals surface area contributed by atoms with E-state index in [0.717, 1.165) is 27.5 Å². The zero-order valence-electron chi connectivity index (χ0n) is 17.7. The predicted octanol–water partition coefficient (Wildman–Crippen LogP) is 5.16. The largest absolute Gasteiger partial charge is 0.455 e. The van der Waals surface area contributed by atoms with Crippen LogP contribution in [0.1, 0.15) is 5.56 Å². The summed E-state index contributed by atoms with van der Waals surface area (Å²) in [4.78, 5) is 12.7. The van der Waals surface area contributed by atoms with E-state index < -0.39 is 9.84 Å². The molecule has 0 spiro atoms. The van der Waals surface area contributed by atoms with Gasteiger partial charge in [-0.3, -0.25) is 4.79 Å². The molecule has 6 heteroatoms. The van der Waals surface area contributed by atoms with Gasteiger partial charge < -0.3 is 8.98 Å². The summed E-state index contributed by atoms with van der Waals surface area (Å²) in [6.45, 7) is 0. The fourth-order valence-electron chi connectivity index (χ4n) is 4.18. The van der Waals surface area contributed by atoms with Gasteiger partial charge in [-0.2, -0.15) is 0 Å². The third-order valence-electron chi connectivity index (χ3n) is 5.54. The molecule has 0 unspecified atom stereocenters. The van der Waals surface area contributed by atoms with Gasteiger partial charge in [0.05, 0.1) is 5.75 Å². The lowest BCUT2D eigenvalue weighted by Gasteiger charge is -2.12. The number of rotatable bonds is 4. The third-order valence-corrected chi connectivity index (χ3v) is 6.40. The highest BCUT2D eigenvalue weighted by molar-refractivity contribution is 7.89. The van der Waals surface area contributed by atoms with E-state index in [1.165, 1.54) is 6.26 Å². The van der Waals surface area contributed by atoms with Gasteiger partial charge in [0.15, 0.2) is 9.84 Å². The fraction of sp³-hybridized carbons (Fsp3) is 0.115. The highest BCUT2D eigenvalue weighted by atomic mass is 32.2. The summed E-state index contributed by atoms with van der Waals surface area (Å²) >= 11 is 0. The van der Waals surface area contributed by atoms with Gasteiger partial charge in [0.1, 0.15) is 11.3 Å². The van der Waals surface area contributed by atoms with Gasteiger partial charge in [-0.05, 0) is 35.2 Å². The second-order valence-electron chi connectivity index (χ2n) is 8.11. The summed E-state index contributed by atoms with van der Waals surface area (Å²) in [6.07, 6.45) is 3.01. The van der Waals surface area contributed by atoms with Crippen LogP contribution in [0, 0.1) is 0 Å². The van der Waals surface area contributed by atoms with Crippen LogP contribution >= 0.6 is 0 Å². The van der Waals surface area contributed by atoms with Crippen LogP contribution in [0.5, 0.6) is 0 Å². The lowest BCUT2D eigenvalue weighted by molar-refractivity contribution is 0.601. The highest BCUT2D eigenvalue weighted by Crippen LogP contribution is 2.38. The summed E-state index contributed by atoms with van der Waals surface area (Å²) in [5.41, 5.74) is 3.76. The molecule has 0 saturated heterocycles. The molecule has 5 aromatic rings. The normalized spacial score (nSPS) is 11.9. The first-order valence-electron chi connectivity index (χ1n) is 10.2. The lowest BCUT2D eigenvalue weighted by Crippen LogP contribution is -2.16. The lowest BCUT2D eigenvalue weighted by atomic mass is 9.97. The average molecular weight is 444 g/mol. The molecule has 0 fully saturated rings. The first-order chi connectivity index (χ1) is 15.3. The van der Waals surface area contributed by atoms with Crippen molar-refractivity contribution in [3.63, 3.8) is 0 Å². The van der Waals surface area contributed by atoms with Crippen LogP contribution in [0.3, 0.4) is 0 Å². The molecule has 0 aliphatic rings. The number of aryl methyl sites for hydroxylation is 1. The zero-order chi connectivity index (χ0) is 22.5. The van der Waals surface area contributed by atoms with Gasteiger partial charge >= 0.3 is 0 Å². The maximum atomic E-state index is 12.7. The zero-order valence-corrected chi connectivity index (χ0v) is 18.5. The number of nitrogens with zero attached hydrogens (tertiary/aromatic N) is 1. The molecule has 3 aromatic carbocycles. The molecule has 2 aromatic heterocycles. The molecule has 0 radical (unpaired) electrons. The van der Waals surface area contributed by atoms with Gasteiger partial charge in [-0.15, -0.1) is 0 Å². The van der Waals surface area contributed by atoms with E-state index in [0.29, 0.717) is 22.3 Å². The summed E-state index contributed by atoms with van der Waals surface area (Å²) in [6, 6.07) is 22.9. The second-order valence-corrected chi connectivity index (χ2v) is 10.3. The van der Waals surface area contributed by atoms with Crippen LogP contribution in [0.15, 0.2) is 88.2 Å². The van der Waals surface area contributed by atoms with Gasteiger partial charge in [0, 0.05) is 47.0 Å². The van der Waals surface area contributed by atoms with Crippen molar-refractivity contribution in [1.82, 2.24) is 4.57 Å². The number of furan rings is 1. The SMILES string of the molecule is Cn1cc(-c2cc(CS(C)(=O)=O)cc3cc(-c4ccccc4)oc23)c2ccccc2c1=O. The summed E-state index contributed by atoms with van der Waals surface area (Å²) < 4.78 is 32.0. The Morgan fingerprint density at radius 3 is 2.28 bits per heavy atom. The van der Waals surface area contributed by atoms with Gasteiger partial charge in [-0.1, -0.05) is 48.5 Å². The van der Waals surface area contributed by atoms with Crippen molar-refractivity contribution < 1.29 is 12.8 Å². The molecular formula is C26H21NO4S. The third kappa shape index (κ3) is 3.63. The van der Waals surface area contributed by atoms with Crippen LogP contribution < -0.4 is 5.56 Å². The Morgan fingerprint density at radius 2 is 1.56 bits per heavy atom. The van der Waals surface area contributed by atoms with Gasteiger partial charge in [0.25, 0.3) is 5.56 Å². The molecule has 0 N–H and O–H groups in total. The Bertz CT molecular complexity index is 1640. The van der Waals surface area contributed by atoms with Crippen molar-refractivity contribution >= 4 is 31.6 Å². The number of hydrogen-bond donors (Lipinski definition) is 0. The summed E-state index contributed by atoms with van der Waals surface area (Å²) in [7, 11) is -1.52. The highest BCUT2D eigenvalue weighted by Gasteiger charge is 2.18. The minimum Gasteiger partial charge on any atom is -0.455 e. The van der Waals surface area contributed by atoms with Crippen LogP contribution in [0.25, 0.3) is 44.2 Å². The molecule has 160 valence electrons. The molecule has 0 aliphatic heterocycles. The first-order valence-corrected chi connectivity index (χ1v) is 12.2. The average Bonchev–Trinajstić information content (AvgIpc) is 3.19. The van der Waals surface area contributed by atoms with E-state index in [1.54, 1.807) is 23.9 Å². The molecule has 32 heavy (non-hydrogen) atoms. The number of aromatic nitrogens is 1. The van der Waals surface area contributed by atoms with Crippen LogP contribution in [0.2, 0.25) is 0 Å². The molecule has 0 atom stereocenters. The molecule has 0 amide bonds. The second kappa shape index (κ2) is 7.50. The molecule has 0 aliphatic carbocycles. The van der Waals surface area contributed by atoms with E-state index >= 15 is 0 Å². The smallest absolute Gasteiger partial charge is 0.258 e. The minimum absolute atomic E-state index is 0.0779. The topological polar surface area (TPSA) is 69.3 Å². The van der Waals surface area contributed by atoms with Crippen LogP contribution in [-0.4, -0.2) is 19.2 Å². The van der Waals surface area contributed by atoms with Crippen LogP contribution in [-0.2, 0) is 22.6 Å². The number of benzene rings is 3. The van der Waals surface area contributed by atoms with Crippen molar-refractivity contribution in [2.45, 2.75) is 5.75 Å². The molecular weight excluding hydrogens is 422 g/mol. The molecule has 2 heterocycles. The van der Waals surface area contributed by atoms with E-state index in [4.69, 9.17) is 4.42 Å². The minimum atomic E-state index is -3.23. The number of hydrogen-bond acceptors (Lipinski definition) is 4. The Kier molecular flexibility index (Phi) is 4.75. The van der Waals surface area contributed by atoms with E-state index in [2.05, 4.69) is 0 Å². The Balaban J connectivity index is 1.86. The molecule has 5 nitrogen and oxygen atoms in total. The van der Waals surface area contributed by atoms with Gasteiger partial charge in [-0.25, -0.2) is 8.42 Å². The Morgan fingerprint density at radius 1 is 0.875 bits per heavy atom. The van der Waals surface area contributed by atoms with Crippen molar-refractivity contribution in [3.8, 4) is 22.5 Å². The molecule has 5 rings (SSSR count). The quantitative estimate of drug-likeness (QED) is 0.385. The van der Waals surface area contributed by atoms with E-state index in [-0.39, 0.29) is 11.3 Å².